The third-order valence-corrected chi connectivity index (χ3v) is 2.15. The van der Waals surface area contributed by atoms with E-state index >= 15 is 0 Å². The van der Waals surface area contributed by atoms with E-state index in [9.17, 15) is 5.11 Å². The van der Waals surface area contributed by atoms with Crippen molar-refractivity contribution in [2.45, 2.75) is 26.0 Å². The maximum absolute atomic E-state index is 9.23. The van der Waals surface area contributed by atoms with E-state index in [0.717, 1.165) is 0 Å². The molecule has 0 aliphatic carbocycles. The first kappa shape index (κ1) is 12.7. The van der Waals surface area contributed by atoms with Crippen LogP contribution in [0.5, 0.6) is 5.88 Å². The van der Waals surface area contributed by atoms with Crippen LogP contribution >= 0.6 is 0 Å². The molecule has 0 aliphatic heterocycles. The van der Waals surface area contributed by atoms with Crippen LogP contribution in [0.1, 0.15) is 13.8 Å². The zero-order valence-electron chi connectivity index (χ0n) is 9.68. The van der Waals surface area contributed by atoms with Crippen molar-refractivity contribution in [2.75, 3.05) is 18.5 Å². The van der Waals surface area contributed by atoms with E-state index in [2.05, 4.69) is 10.3 Å². The van der Waals surface area contributed by atoms with Crippen molar-refractivity contribution in [1.82, 2.24) is 4.98 Å². The molecular weight excluding hydrogens is 206 g/mol. The predicted octanol–water partition coefficient (Wildman–Crippen LogP) is 0.600. The van der Waals surface area contributed by atoms with Crippen LogP contribution in [-0.4, -0.2) is 35.4 Å². The first-order chi connectivity index (χ1) is 7.63. The zero-order valence-corrected chi connectivity index (χ0v) is 9.68. The number of nitrogens with two attached hydrogens (primary N) is 1. The Morgan fingerprint density at radius 1 is 1.56 bits per heavy atom. The van der Waals surface area contributed by atoms with Crippen LogP contribution in [0.15, 0.2) is 18.2 Å². The Morgan fingerprint density at radius 2 is 2.31 bits per heavy atom. The number of anilines is 1. The Bertz CT molecular complexity index is 318. The molecule has 0 fully saturated rings. The Labute approximate surface area is 95.6 Å². The number of nitrogens with one attached hydrogen (secondary N) is 1. The molecule has 2 atom stereocenters. The quantitative estimate of drug-likeness (QED) is 0.660. The molecule has 1 aromatic rings. The van der Waals surface area contributed by atoms with Crippen molar-refractivity contribution in [2.24, 2.45) is 5.73 Å². The molecule has 1 rings (SSSR count). The summed E-state index contributed by atoms with van der Waals surface area (Å²) < 4.78 is 5.27. The van der Waals surface area contributed by atoms with Gasteiger partial charge in [0.2, 0.25) is 5.88 Å². The lowest BCUT2D eigenvalue weighted by molar-refractivity contribution is 0.168. The lowest BCUT2D eigenvalue weighted by Crippen LogP contribution is -2.38. The molecule has 2 unspecified atom stereocenters. The molecule has 0 amide bonds. The summed E-state index contributed by atoms with van der Waals surface area (Å²) in [6.07, 6.45) is -0.539. The lowest BCUT2D eigenvalue weighted by atomic mass is 10.2. The Morgan fingerprint density at radius 3 is 2.94 bits per heavy atom. The second-order valence-corrected chi connectivity index (χ2v) is 3.58. The number of ether oxygens (including phenoxy) is 1. The summed E-state index contributed by atoms with van der Waals surface area (Å²) in [5.74, 6) is 1.28. The average Bonchev–Trinajstić information content (AvgIpc) is 2.26. The topological polar surface area (TPSA) is 80.4 Å². The van der Waals surface area contributed by atoms with Gasteiger partial charge in [0.25, 0.3) is 0 Å². The van der Waals surface area contributed by atoms with Crippen molar-refractivity contribution in [3.63, 3.8) is 0 Å². The van der Waals surface area contributed by atoms with Crippen molar-refractivity contribution >= 4 is 5.82 Å². The van der Waals surface area contributed by atoms with Gasteiger partial charge < -0.3 is 20.9 Å². The summed E-state index contributed by atoms with van der Waals surface area (Å²) in [6.45, 7) is 4.63. The third-order valence-electron chi connectivity index (χ3n) is 2.15. The van der Waals surface area contributed by atoms with Crippen LogP contribution in [0.3, 0.4) is 0 Å². The lowest BCUT2D eigenvalue weighted by Gasteiger charge is -2.15. The number of aliphatic hydroxyl groups is 1. The molecule has 5 heteroatoms. The highest BCUT2D eigenvalue weighted by Gasteiger charge is 2.08. The second-order valence-electron chi connectivity index (χ2n) is 3.58. The molecule has 5 nitrogen and oxygen atoms in total. The van der Waals surface area contributed by atoms with Crippen LogP contribution in [0.4, 0.5) is 5.82 Å². The van der Waals surface area contributed by atoms with E-state index in [1.165, 1.54) is 0 Å². The van der Waals surface area contributed by atoms with Gasteiger partial charge in [0, 0.05) is 18.7 Å². The Balaban J connectivity index is 2.50. The van der Waals surface area contributed by atoms with Gasteiger partial charge in [-0.15, -0.1) is 0 Å². The summed E-state index contributed by atoms with van der Waals surface area (Å²) in [5.41, 5.74) is 5.69. The van der Waals surface area contributed by atoms with Crippen LogP contribution in [0.25, 0.3) is 0 Å². The number of nitrogens with zero attached hydrogens (tertiary/aromatic N) is 1. The van der Waals surface area contributed by atoms with Gasteiger partial charge >= 0.3 is 0 Å². The molecule has 90 valence electrons. The van der Waals surface area contributed by atoms with E-state index < -0.39 is 6.10 Å². The molecule has 1 heterocycles. The van der Waals surface area contributed by atoms with Gasteiger partial charge in [-0.1, -0.05) is 6.07 Å². The van der Waals surface area contributed by atoms with Crippen molar-refractivity contribution in [3.05, 3.63) is 18.2 Å². The fraction of sp³-hybridized carbons (Fsp3) is 0.545. The van der Waals surface area contributed by atoms with E-state index in [4.69, 9.17) is 10.5 Å². The number of hydrogen-bond acceptors (Lipinski definition) is 5. The van der Waals surface area contributed by atoms with E-state index in [1.807, 2.05) is 19.1 Å². The number of hydrogen-bond donors (Lipinski definition) is 3. The van der Waals surface area contributed by atoms with Crippen molar-refractivity contribution < 1.29 is 9.84 Å². The minimum Gasteiger partial charge on any atom is -0.478 e. The maximum Gasteiger partial charge on any atom is 0.215 e. The van der Waals surface area contributed by atoms with Gasteiger partial charge in [-0.05, 0) is 19.9 Å². The van der Waals surface area contributed by atoms with Crippen LogP contribution < -0.4 is 15.8 Å². The summed E-state index contributed by atoms with van der Waals surface area (Å²) in [6, 6.07) is 5.17. The largest absolute Gasteiger partial charge is 0.478 e. The Hall–Kier alpha value is -1.33. The summed E-state index contributed by atoms with van der Waals surface area (Å²) in [4.78, 5) is 4.22. The van der Waals surface area contributed by atoms with E-state index in [0.29, 0.717) is 24.8 Å². The fourth-order valence-corrected chi connectivity index (χ4v) is 1.13. The van der Waals surface area contributed by atoms with Gasteiger partial charge in [-0.3, -0.25) is 0 Å². The fourth-order valence-electron chi connectivity index (χ4n) is 1.13. The number of rotatable bonds is 6. The monoisotopic (exact) mass is 225 g/mol. The van der Waals surface area contributed by atoms with Crippen molar-refractivity contribution in [1.29, 1.82) is 0 Å². The minimum absolute atomic E-state index is 0.308. The standard InChI is InChI=1S/C11H19N3O2/c1-3-16-11-6-4-5-10(14-11)13-7-9(12)8(2)15/h4-6,8-9,15H,3,7,12H2,1-2H3,(H,13,14). The third kappa shape index (κ3) is 4.04. The molecule has 4 N–H and O–H groups in total. The zero-order chi connectivity index (χ0) is 12.0. The summed E-state index contributed by atoms with van der Waals surface area (Å²) in [5, 5.41) is 12.3. The van der Waals surface area contributed by atoms with Crippen LogP contribution in [0.2, 0.25) is 0 Å². The molecule has 0 radical (unpaired) electrons. The molecule has 0 bridgehead atoms. The highest BCUT2D eigenvalue weighted by molar-refractivity contribution is 5.37. The first-order valence-electron chi connectivity index (χ1n) is 5.41. The van der Waals surface area contributed by atoms with Gasteiger partial charge in [0.15, 0.2) is 0 Å². The number of aromatic nitrogens is 1. The highest BCUT2D eigenvalue weighted by Crippen LogP contribution is 2.11. The second kappa shape index (κ2) is 6.30. The van der Waals surface area contributed by atoms with Crippen LogP contribution in [-0.2, 0) is 0 Å². The van der Waals surface area contributed by atoms with Gasteiger partial charge in [0.05, 0.1) is 12.7 Å². The number of aliphatic hydroxyl groups excluding tert-OH is 1. The van der Waals surface area contributed by atoms with Gasteiger partial charge in [-0.2, -0.15) is 4.98 Å². The molecule has 16 heavy (non-hydrogen) atoms. The van der Waals surface area contributed by atoms with Crippen LogP contribution in [0, 0.1) is 0 Å². The molecule has 0 aromatic carbocycles. The summed E-state index contributed by atoms with van der Waals surface area (Å²) >= 11 is 0. The minimum atomic E-state index is -0.539. The van der Waals surface area contributed by atoms with Gasteiger partial charge in [-0.25, -0.2) is 0 Å². The normalized spacial score (nSPS) is 14.2. The molecule has 0 saturated carbocycles. The Kier molecular flexibility index (Phi) is 5.01. The first-order valence-corrected chi connectivity index (χ1v) is 5.41. The van der Waals surface area contributed by atoms with E-state index in [-0.39, 0.29) is 6.04 Å². The number of pyridine rings is 1. The molecular formula is C11H19N3O2. The molecule has 1 aromatic heterocycles. The average molecular weight is 225 g/mol. The highest BCUT2D eigenvalue weighted by atomic mass is 16.5. The molecule has 0 saturated heterocycles. The molecule has 0 spiro atoms. The van der Waals surface area contributed by atoms with E-state index in [1.54, 1.807) is 13.0 Å². The smallest absolute Gasteiger partial charge is 0.215 e. The molecule has 0 aliphatic rings. The SMILES string of the molecule is CCOc1cccc(NCC(N)C(C)O)n1. The summed E-state index contributed by atoms with van der Waals surface area (Å²) in [7, 11) is 0. The van der Waals surface area contributed by atoms with Crippen molar-refractivity contribution in [3.8, 4) is 5.88 Å². The maximum atomic E-state index is 9.23. The van der Waals surface area contributed by atoms with Gasteiger partial charge in [0.1, 0.15) is 5.82 Å². The predicted molar refractivity (Wildman–Crippen MR) is 63.6 cm³/mol.